The van der Waals surface area contributed by atoms with Gasteiger partial charge in [0, 0.05) is 11.6 Å². The summed E-state index contributed by atoms with van der Waals surface area (Å²) in [6.07, 6.45) is 0. The first-order chi connectivity index (χ1) is 6.19. The summed E-state index contributed by atoms with van der Waals surface area (Å²) in [6.45, 7) is 0.302. The fraction of sp³-hybridized carbons (Fsp3) is 0.333. The van der Waals surface area contributed by atoms with Crippen LogP contribution < -0.4 is 11.5 Å². The van der Waals surface area contributed by atoms with Crippen LogP contribution in [-0.2, 0) is 6.54 Å². The van der Waals surface area contributed by atoms with E-state index in [0.29, 0.717) is 11.6 Å². The summed E-state index contributed by atoms with van der Waals surface area (Å²) in [6, 6.07) is 5.00. The molecule has 3 nitrogen and oxygen atoms in total. The first-order valence-electron chi connectivity index (χ1n) is 4.04. The van der Waals surface area contributed by atoms with Crippen molar-refractivity contribution in [3.05, 3.63) is 34.3 Å². The van der Waals surface area contributed by atoms with Gasteiger partial charge in [-0.1, -0.05) is 23.7 Å². The molecule has 1 atom stereocenters. The molecule has 0 aromatic heterocycles. The zero-order chi connectivity index (χ0) is 9.84. The highest BCUT2D eigenvalue weighted by Gasteiger charge is 2.06. The zero-order valence-electron chi connectivity index (χ0n) is 7.20. The number of nitrogens with two attached hydrogens (primary N) is 2. The van der Waals surface area contributed by atoms with Gasteiger partial charge in [0.05, 0.1) is 12.6 Å². The Kier molecular flexibility index (Phi) is 3.69. The van der Waals surface area contributed by atoms with Crippen LogP contribution in [0.5, 0.6) is 0 Å². The van der Waals surface area contributed by atoms with Crippen molar-refractivity contribution in [1.82, 2.24) is 0 Å². The summed E-state index contributed by atoms with van der Waals surface area (Å²) in [7, 11) is 0. The fourth-order valence-electron chi connectivity index (χ4n) is 1.09. The van der Waals surface area contributed by atoms with Gasteiger partial charge in [0.2, 0.25) is 0 Å². The smallest absolute Gasteiger partial charge is 0.0624 e. The molecule has 0 aliphatic carbocycles. The van der Waals surface area contributed by atoms with E-state index in [9.17, 15) is 0 Å². The van der Waals surface area contributed by atoms with Crippen molar-refractivity contribution >= 4 is 11.6 Å². The molecule has 4 heteroatoms. The van der Waals surface area contributed by atoms with Crippen molar-refractivity contribution in [1.29, 1.82) is 0 Å². The van der Waals surface area contributed by atoms with Crippen LogP contribution in [0, 0.1) is 0 Å². The minimum atomic E-state index is -0.359. The van der Waals surface area contributed by atoms with Crippen LogP contribution >= 0.6 is 11.6 Å². The quantitative estimate of drug-likeness (QED) is 0.676. The number of benzene rings is 1. The number of aliphatic hydroxyl groups is 1. The van der Waals surface area contributed by atoms with Crippen LogP contribution in [0.2, 0.25) is 5.02 Å². The van der Waals surface area contributed by atoms with E-state index in [0.717, 1.165) is 11.1 Å². The molecule has 13 heavy (non-hydrogen) atoms. The van der Waals surface area contributed by atoms with E-state index in [1.54, 1.807) is 12.1 Å². The van der Waals surface area contributed by atoms with Crippen LogP contribution in [-0.4, -0.2) is 11.7 Å². The lowest BCUT2D eigenvalue weighted by atomic mass is 10.1. The number of rotatable bonds is 3. The third-order valence-electron chi connectivity index (χ3n) is 1.91. The van der Waals surface area contributed by atoms with Crippen LogP contribution in [0.25, 0.3) is 0 Å². The average molecular weight is 201 g/mol. The molecule has 1 aromatic rings. The summed E-state index contributed by atoms with van der Waals surface area (Å²) < 4.78 is 0. The molecule has 5 N–H and O–H groups in total. The van der Waals surface area contributed by atoms with Gasteiger partial charge in [-0.05, 0) is 17.2 Å². The molecule has 72 valence electrons. The van der Waals surface area contributed by atoms with Gasteiger partial charge in [-0.2, -0.15) is 0 Å². The van der Waals surface area contributed by atoms with Gasteiger partial charge in [-0.15, -0.1) is 0 Å². The largest absolute Gasteiger partial charge is 0.394 e. The SMILES string of the molecule is NCc1cc(C(N)CO)ccc1Cl. The van der Waals surface area contributed by atoms with Crippen molar-refractivity contribution in [3.63, 3.8) is 0 Å². The summed E-state index contributed by atoms with van der Waals surface area (Å²) in [4.78, 5) is 0. The minimum absolute atomic E-state index is 0.0777. The lowest BCUT2D eigenvalue weighted by molar-refractivity contribution is 0.268. The number of hydrogen-bond acceptors (Lipinski definition) is 3. The Labute approximate surface area is 82.3 Å². The molecule has 0 aliphatic rings. The Morgan fingerprint density at radius 2 is 2.15 bits per heavy atom. The highest BCUT2D eigenvalue weighted by molar-refractivity contribution is 6.31. The molecule has 0 spiro atoms. The summed E-state index contributed by atoms with van der Waals surface area (Å²) in [5.41, 5.74) is 12.8. The van der Waals surface area contributed by atoms with E-state index in [4.69, 9.17) is 28.2 Å². The molecule has 0 heterocycles. The Bertz CT molecular complexity index is 291. The van der Waals surface area contributed by atoms with Gasteiger partial charge in [-0.3, -0.25) is 0 Å². The molecule has 0 bridgehead atoms. The topological polar surface area (TPSA) is 72.3 Å². The van der Waals surface area contributed by atoms with Crippen molar-refractivity contribution in [3.8, 4) is 0 Å². The van der Waals surface area contributed by atoms with Crippen molar-refractivity contribution in [2.45, 2.75) is 12.6 Å². The van der Waals surface area contributed by atoms with E-state index in [2.05, 4.69) is 0 Å². The number of aliphatic hydroxyl groups excluding tert-OH is 1. The summed E-state index contributed by atoms with van der Waals surface area (Å²) >= 11 is 5.86. The molecule has 0 amide bonds. The van der Waals surface area contributed by atoms with Crippen LogP contribution in [0.3, 0.4) is 0 Å². The summed E-state index contributed by atoms with van der Waals surface area (Å²) in [5, 5.41) is 9.47. The third-order valence-corrected chi connectivity index (χ3v) is 2.28. The zero-order valence-corrected chi connectivity index (χ0v) is 7.96. The van der Waals surface area contributed by atoms with Crippen LogP contribution in [0.1, 0.15) is 17.2 Å². The van der Waals surface area contributed by atoms with Crippen LogP contribution in [0.4, 0.5) is 0 Å². The van der Waals surface area contributed by atoms with Gasteiger partial charge in [-0.25, -0.2) is 0 Å². The maximum atomic E-state index is 8.83. The molecule has 0 fully saturated rings. The molecule has 1 rings (SSSR count). The second kappa shape index (κ2) is 4.58. The maximum absolute atomic E-state index is 8.83. The molecule has 0 saturated carbocycles. The Balaban J connectivity index is 2.99. The fourth-order valence-corrected chi connectivity index (χ4v) is 1.28. The molecular weight excluding hydrogens is 188 g/mol. The second-order valence-electron chi connectivity index (χ2n) is 2.84. The standard InChI is InChI=1S/C9H13ClN2O/c10-8-2-1-6(9(12)5-13)3-7(8)4-11/h1-3,9,13H,4-5,11-12H2. The molecule has 0 aliphatic heterocycles. The molecule has 1 unspecified atom stereocenters. The molecule has 0 saturated heterocycles. The average Bonchev–Trinajstić information content (AvgIpc) is 2.17. The molecule has 0 radical (unpaired) electrons. The highest BCUT2D eigenvalue weighted by atomic mass is 35.5. The van der Waals surface area contributed by atoms with Crippen molar-refractivity contribution in [2.75, 3.05) is 6.61 Å². The first kappa shape index (κ1) is 10.5. The first-order valence-corrected chi connectivity index (χ1v) is 4.41. The van der Waals surface area contributed by atoms with E-state index in [-0.39, 0.29) is 12.6 Å². The van der Waals surface area contributed by atoms with Gasteiger partial charge in [0.1, 0.15) is 0 Å². The lowest BCUT2D eigenvalue weighted by Gasteiger charge is -2.10. The lowest BCUT2D eigenvalue weighted by Crippen LogP contribution is -2.15. The van der Waals surface area contributed by atoms with Crippen molar-refractivity contribution in [2.24, 2.45) is 11.5 Å². The van der Waals surface area contributed by atoms with Gasteiger partial charge in [0.25, 0.3) is 0 Å². The monoisotopic (exact) mass is 200 g/mol. The Hall–Kier alpha value is -0.610. The highest BCUT2D eigenvalue weighted by Crippen LogP contribution is 2.19. The van der Waals surface area contributed by atoms with E-state index >= 15 is 0 Å². The van der Waals surface area contributed by atoms with Gasteiger partial charge in [0.15, 0.2) is 0 Å². The Morgan fingerprint density at radius 1 is 1.46 bits per heavy atom. The third kappa shape index (κ3) is 2.42. The van der Waals surface area contributed by atoms with E-state index in [1.807, 2.05) is 6.07 Å². The predicted octanol–water partition coefficient (Wildman–Crippen LogP) is 0.791. The molecular formula is C9H13ClN2O. The van der Waals surface area contributed by atoms with Gasteiger partial charge >= 0.3 is 0 Å². The van der Waals surface area contributed by atoms with E-state index < -0.39 is 0 Å². The number of hydrogen-bond donors (Lipinski definition) is 3. The number of halogens is 1. The van der Waals surface area contributed by atoms with Gasteiger partial charge < -0.3 is 16.6 Å². The normalized spacial score (nSPS) is 12.9. The maximum Gasteiger partial charge on any atom is 0.0624 e. The predicted molar refractivity (Wildman–Crippen MR) is 53.4 cm³/mol. The minimum Gasteiger partial charge on any atom is -0.394 e. The van der Waals surface area contributed by atoms with Crippen molar-refractivity contribution < 1.29 is 5.11 Å². The summed E-state index contributed by atoms with van der Waals surface area (Å²) in [5.74, 6) is 0. The van der Waals surface area contributed by atoms with E-state index in [1.165, 1.54) is 0 Å². The Morgan fingerprint density at radius 3 is 2.69 bits per heavy atom. The second-order valence-corrected chi connectivity index (χ2v) is 3.25. The van der Waals surface area contributed by atoms with Crippen LogP contribution in [0.15, 0.2) is 18.2 Å². The molecule has 1 aromatic carbocycles.